The van der Waals surface area contributed by atoms with Crippen LogP contribution in [0.25, 0.3) is 0 Å². The lowest BCUT2D eigenvalue weighted by atomic mass is 10.1. The molecule has 1 amide bonds. The molecule has 0 bridgehead atoms. The van der Waals surface area contributed by atoms with Crippen LogP contribution in [-0.2, 0) is 21.0 Å². The van der Waals surface area contributed by atoms with Gasteiger partial charge in [0, 0.05) is 20.6 Å². The predicted molar refractivity (Wildman–Crippen MR) is 109 cm³/mol. The maximum atomic E-state index is 12.3. The van der Waals surface area contributed by atoms with E-state index < -0.39 is 17.6 Å². The normalized spacial score (nSPS) is 12.0. The van der Waals surface area contributed by atoms with Gasteiger partial charge >= 0.3 is 0 Å². The van der Waals surface area contributed by atoms with Crippen LogP contribution >= 0.6 is 46.4 Å². The van der Waals surface area contributed by atoms with Crippen molar-refractivity contribution in [2.45, 2.75) is 13.5 Å². The first-order chi connectivity index (χ1) is 12.8. The summed E-state index contributed by atoms with van der Waals surface area (Å²) in [5.74, 6) is -2.14. The second-order valence-corrected chi connectivity index (χ2v) is 7.15. The zero-order chi connectivity index (χ0) is 20.0. The van der Waals surface area contributed by atoms with Gasteiger partial charge in [-0.15, -0.1) is 0 Å². The molecule has 9 heteroatoms. The van der Waals surface area contributed by atoms with Gasteiger partial charge in [0.05, 0.1) is 16.9 Å². The fourth-order valence-electron chi connectivity index (χ4n) is 2.01. The van der Waals surface area contributed by atoms with Crippen LogP contribution in [-0.4, -0.2) is 17.9 Å². The molecule has 0 fully saturated rings. The minimum atomic E-state index is -1.14. The molecule has 0 aliphatic heterocycles. The van der Waals surface area contributed by atoms with Crippen LogP contribution in [0.15, 0.2) is 41.6 Å². The molecule has 2 aromatic carbocycles. The largest absolute Gasteiger partial charge is 0.391 e. The molecule has 0 aromatic heterocycles. The average Bonchev–Trinajstić information content (AvgIpc) is 2.58. The first-order valence-electron chi connectivity index (χ1n) is 7.63. The number of benzene rings is 2. The zero-order valence-electron chi connectivity index (χ0n) is 14.0. The van der Waals surface area contributed by atoms with Gasteiger partial charge in [0.25, 0.3) is 0 Å². The number of nitrogens with zero attached hydrogens (tertiary/aromatic N) is 1. The first kappa shape index (κ1) is 21.5. The molecule has 1 N–H and O–H groups in total. The minimum absolute atomic E-state index is 0.0573. The number of amides is 1. The van der Waals surface area contributed by atoms with Crippen LogP contribution in [0.1, 0.15) is 12.5 Å². The Morgan fingerprint density at radius 2 is 1.70 bits per heavy atom. The van der Waals surface area contributed by atoms with Crippen molar-refractivity contribution in [3.63, 3.8) is 0 Å². The SMILES string of the molecule is CC(=O)[C@@H](/C=N\OCc1ccc(Cl)cc1Cl)C(=O)Nc1ccc(Cl)cc1Cl. The van der Waals surface area contributed by atoms with Crippen molar-refractivity contribution in [2.24, 2.45) is 11.1 Å². The molecule has 0 aliphatic rings. The summed E-state index contributed by atoms with van der Waals surface area (Å²) in [5, 5.41) is 7.87. The summed E-state index contributed by atoms with van der Waals surface area (Å²) in [5.41, 5.74) is 0.995. The Labute approximate surface area is 176 Å². The summed E-state index contributed by atoms with van der Waals surface area (Å²) >= 11 is 23.7. The highest BCUT2D eigenvalue weighted by Crippen LogP contribution is 2.26. The van der Waals surface area contributed by atoms with Crippen molar-refractivity contribution in [3.8, 4) is 0 Å². The Morgan fingerprint density at radius 1 is 1.07 bits per heavy atom. The number of hydrogen-bond acceptors (Lipinski definition) is 4. The van der Waals surface area contributed by atoms with Gasteiger partial charge < -0.3 is 10.2 Å². The van der Waals surface area contributed by atoms with Crippen molar-refractivity contribution in [1.29, 1.82) is 0 Å². The molecular weight excluding hydrogens is 434 g/mol. The summed E-state index contributed by atoms with van der Waals surface area (Å²) in [6.07, 6.45) is 1.12. The van der Waals surface area contributed by atoms with Gasteiger partial charge in [-0.2, -0.15) is 0 Å². The Hall–Kier alpha value is -1.79. The standard InChI is InChI=1S/C18H14Cl4N2O3/c1-10(25)14(18(26)24-17-5-4-13(20)7-16(17)22)8-23-27-9-11-2-3-12(19)6-15(11)21/h2-8,14H,9H2,1H3,(H,24,26)/b23-8-/t14-/m1/s1. The van der Waals surface area contributed by atoms with Gasteiger partial charge in [0.15, 0.2) is 0 Å². The van der Waals surface area contributed by atoms with Crippen molar-refractivity contribution < 1.29 is 14.4 Å². The van der Waals surface area contributed by atoms with Crippen LogP contribution < -0.4 is 5.32 Å². The van der Waals surface area contributed by atoms with Crippen LogP contribution in [0, 0.1) is 5.92 Å². The fraction of sp³-hybridized carbons (Fsp3) is 0.167. The summed E-state index contributed by atoms with van der Waals surface area (Å²) in [7, 11) is 0. The van der Waals surface area contributed by atoms with Crippen LogP contribution in [0.3, 0.4) is 0 Å². The molecule has 5 nitrogen and oxygen atoms in total. The van der Waals surface area contributed by atoms with Gasteiger partial charge in [0.2, 0.25) is 5.91 Å². The maximum Gasteiger partial charge on any atom is 0.240 e. The van der Waals surface area contributed by atoms with E-state index in [1.165, 1.54) is 19.1 Å². The Morgan fingerprint density at radius 3 is 2.30 bits per heavy atom. The highest BCUT2D eigenvalue weighted by molar-refractivity contribution is 6.37. The summed E-state index contributed by atoms with van der Waals surface area (Å²) in [6.45, 7) is 1.33. The summed E-state index contributed by atoms with van der Waals surface area (Å²) < 4.78 is 0. The quantitative estimate of drug-likeness (QED) is 0.339. The van der Waals surface area contributed by atoms with Crippen molar-refractivity contribution >= 4 is 70.0 Å². The zero-order valence-corrected chi connectivity index (χ0v) is 17.0. The first-order valence-corrected chi connectivity index (χ1v) is 9.15. The highest BCUT2D eigenvalue weighted by atomic mass is 35.5. The summed E-state index contributed by atoms with van der Waals surface area (Å²) in [4.78, 5) is 29.2. The monoisotopic (exact) mass is 446 g/mol. The molecule has 1 atom stereocenters. The van der Waals surface area contributed by atoms with Gasteiger partial charge in [-0.3, -0.25) is 9.59 Å². The number of rotatable bonds is 7. The van der Waals surface area contributed by atoms with E-state index in [9.17, 15) is 9.59 Å². The third kappa shape index (κ3) is 6.40. The van der Waals surface area contributed by atoms with Gasteiger partial charge in [-0.1, -0.05) is 57.6 Å². The van der Waals surface area contributed by atoms with Crippen molar-refractivity contribution in [2.75, 3.05) is 5.32 Å². The molecule has 0 spiro atoms. The van der Waals surface area contributed by atoms with Gasteiger partial charge in [-0.25, -0.2) is 0 Å². The van der Waals surface area contributed by atoms with Gasteiger partial charge in [-0.05, 0) is 37.3 Å². The number of hydrogen-bond donors (Lipinski definition) is 1. The Bertz CT molecular complexity index is 887. The molecular formula is C18H14Cl4N2O3. The second kappa shape index (κ2) is 9.95. The Kier molecular flexibility index (Phi) is 7.92. The Balaban J connectivity index is 2.00. The molecule has 0 unspecified atom stereocenters. The topological polar surface area (TPSA) is 67.8 Å². The molecule has 0 heterocycles. The van der Waals surface area contributed by atoms with E-state index in [2.05, 4.69) is 10.5 Å². The third-order valence-corrected chi connectivity index (χ3v) is 4.56. The third-order valence-electron chi connectivity index (χ3n) is 3.43. The molecule has 0 radical (unpaired) electrons. The summed E-state index contributed by atoms with van der Waals surface area (Å²) in [6, 6.07) is 9.52. The van der Waals surface area contributed by atoms with Crippen LogP contribution in [0.5, 0.6) is 0 Å². The number of anilines is 1. The average molecular weight is 448 g/mol. The van der Waals surface area contributed by atoms with E-state index in [1.54, 1.807) is 24.3 Å². The smallest absolute Gasteiger partial charge is 0.240 e. The second-order valence-electron chi connectivity index (χ2n) is 5.47. The molecule has 0 saturated carbocycles. The van der Waals surface area contributed by atoms with Crippen molar-refractivity contribution in [3.05, 3.63) is 62.1 Å². The van der Waals surface area contributed by atoms with Crippen LogP contribution in [0.2, 0.25) is 20.1 Å². The molecule has 0 aliphatic carbocycles. The number of Topliss-reactive ketones (excluding diaryl/α,β-unsaturated/α-hetero) is 1. The number of ketones is 1. The predicted octanol–water partition coefficient (Wildman–Crippen LogP) is 5.65. The lowest BCUT2D eigenvalue weighted by Crippen LogP contribution is -2.29. The number of halogens is 4. The van der Waals surface area contributed by atoms with Crippen molar-refractivity contribution in [1.82, 2.24) is 0 Å². The highest BCUT2D eigenvalue weighted by Gasteiger charge is 2.22. The van der Waals surface area contributed by atoms with Crippen LogP contribution in [0.4, 0.5) is 5.69 Å². The lowest BCUT2D eigenvalue weighted by Gasteiger charge is -2.11. The molecule has 2 rings (SSSR count). The maximum absolute atomic E-state index is 12.3. The van der Waals surface area contributed by atoms with E-state index >= 15 is 0 Å². The van der Waals surface area contributed by atoms with E-state index in [-0.39, 0.29) is 11.6 Å². The van der Waals surface area contributed by atoms with E-state index in [0.29, 0.717) is 26.3 Å². The number of nitrogens with one attached hydrogen (secondary N) is 1. The molecule has 0 saturated heterocycles. The lowest BCUT2D eigenvalue weighted by molar-refractivity contribution is -0.126. The fourth-order valence-corrected chi connectivity index (χ4v) is 2.93. The number of oxime groups is 1. The molecule has 142 valence electrons. The minimum Gasteiger partial charge on any atom is -0.391 e. The van der Waals surface area contributed by atoms with E-state index in [1.807, 2.05) is 0 Å². The van der Waals surface area contributed by atoms with E-state index in [4.69, 9.17) is 51.2 Å². The van der Waals surface area contributed by atoms with Gasteiger partial charge in [0.1, 0.15) is 18.3 Å². The number of carbonyl (C=O) groups excluding carboxylic acids is 2. The molecule has 27 heavy (non-hydrogen) atoms. The number of carbonyl (C=O) groups is 2. The molecule has 2 aromatic rings. The van der Waals surface area contributed by atoms with E-state index in [0.717, 1.165) is 6.21 Å².